The van der Waals surface area contributed by atoms with E-state index in [0.717, 1.165) is 12.8 Å². The molecule has 138 valence electrons. The van der Waals surface area contributed by atoms with Crippen LogP contribution < -0.4 is 5.32 Å². The average Bonchev–Trinajstić information content (AvgIpc) is 3.14. The van der Waals surface area contributed by atoms with Crippen LogP contribution in [0.4, 0.5) is 5.69 Å². The maximum Gasteiger partial charge on any atom is 0.244 e. The standard InChI is InChI=1S/C18H18Cl2N2O3S/c19-15-6-2-1-5-13(15)11-18(23)21-14-7-8-16(20)17(12-14)26(24,25)22-9-3-4-10-22/h1-2,5-8,12H,3-4,9-11H2,(H,21,23). The zero-order chi connectivity index (χ0) is 18.7. The summed E-state index contributed by atoms with van der Waals surface area (Å²) in [6.07, 6.45) is 1.77. The lowest BCUT2D eigenvalue weighted by Gasteiger charge is -2.17. The minimum Gasteiger partial charge on any atom is -0.326 e. The molecule has 1 amide bonds. The molecule has 2 aromatic rings. The maximum absolute atomic E-state index is 12.7. The molecular formula is C18H18Cl2N2O3S. The zero-order valence-electron chi connectivity index (χ0n) is 13.9. The van der Waals surface area contributed by atoms with E-state index in [1.54, 1.807) is 30.3 Å². The van der Waals surface area contributed by atoms with E-state index < -0.39 is 10.0 Å². The van der Waals surface area contributed by atoms with Crippen LogP contribution in [0.15, 0.2) is 47.4 Å². The van der Waals surface area contributed by atoms with Gasteiger partial charge < -0.3 is 5.32 Å². The Morgan fingerprint density at radius 1 is 1.04 bits per heavy atom. The van der Waals surface area contributed by atoms with Gasteiger partial charge in [-0.15, -0.1) is 0 Å². The fourth-order valence-electron chi connectivity index (χ4n) is 2.87. The molecule has 8 heteroatoms. The van der Waals surface area contributed by atoms with Crippen molar-refractivity contribution in [1.82, 2.24) is 4.31 Å². The first-order valence-electron chi connectivity index (χ1n) is 8.21. The number of carbonyl (C=O) groups is 1. The fourth-order valence-corrected chi connectivity index (χ4v) is 5.09. The minimum absolute atomic E-state index is 0.0108. The summed E-state index contributed by atoms with van der Waals surface area (Å²) in [5.41, 5.74) is 1.08. The van der Waals surface area contributed by atoms with Crippen molar-refractivity contribution in [3.8, 4) is 0 Å². The lowest BCUT2D eigenvalue weighted by Crippen LogP contribution is -2.28. The van der Waals surface area contributed by atoms with Gasteiger partial charge in [-0.05, 0) is 42.7 Å². The van der Waals surface area contributed by atoms with Gasteiger partial charge in [0.05, 0.1) is 11.4 Å². The van der Waals surface area contributed by atoms with E-state index in [1.165, 1.54) is 16.4 Å². The van der Waals surface area contributed by atoms with Gasteiger partial charge in [0.2, 0.25) is 15.9 Å². The van der Waals surface area contributed by atoms with Crippen LogP contribution in [0.3, 0.4) is 0 Å². The van der Waals surface area contributed by atoms with Crippen molar-refractivity contribution in [2.45, 2.75) is 24.2 Å². The van der Waals surface area contributed by atoms with Gasteiger partial charge in [0.1, 0.15) is 4.90 Å². The predicted molar refractivity (Wildman–Crippen MR) is 103 cm³/mol. The molecule has 5 nitrogen and oxygen atoms in total. The first-order chi connectivity index (χ1) is 12.4. The van der Waals surface area contributed by atoms with Crippen molar-refractivity contribution in [1.29, 1.82) is 0 Å². The van der Waals surface area contributed by atoms with Crippen molar-refractivity contribution < 1.29 is 13.2 Å². The molecule has 1 aliphatic rings. The summed E-state index contributed by atoms with van der Waals surface area (Å²) in [5.74, 6) is -0.287. The van der Waals surface area contributed by atoms with Gasteiger partial charge >= 0.3 is 0 Å². The predicted octanol–water partition coefficient (Wildman–Crippen LogP) is 3.96. The molecule has 26 heavy (non-hydrogen) atoms. The Kier molecular flexibility index (Phi) is 5.87. The van der Waals surface area contributed by atoms with Gasteiger partial charge in [-0.1, -0.05) is 41.4 Å². The molecule has 1 aliphatic heterocycles. The van der Waals surface area contributed by atoms with Crippen LogP contribution in [0, 0.1) is 0 Å². The molecule has 1 fully saturated rings. The van der Waals surface area contributed by atoms with E-state index in [1.807, 2.05) is 0 Å². The Bertz CT molecular complexity index is 926. The van der Waals surface area contributed by atoms with Gasteiger partial charge in [-0.25, -0.2) is 8.42 Å². The summed E-state index contributed by atoms with van der Waals surface area (Å²) in [7, 11) is -3.66. The number of halogens is 2. The summed E-state index contributed by atoms with van der Waals surface area (Å²) in [6, 6.07) is 11.5. The van der Waals surface area contributed by atoms with Crippen LogP contribution in [-0.4, -0.2) is 31.7 Å². The van der Waals surface area contributed by atoms with Crippen molar-refractivity contribution in [2.24, 2.45) is 0 Å². The summed E-state index contributed by atoms with van der Waals surface area (Å²) in [6.45, 7) is 0.976. The van der Waals surface area contributed by atoms with Crippen LogP contribution in [0.1, 0.15) is 18.4 Å². The monoisotopic (exact) mass is 412 g/mol. The Balaban J connectivity index is 1.79. The van der Waals surface area contributed by atoms with Crippen LogP contribution in [0.25, 0.3) is 0 Å². The third kappa shape index (κ3) is 4.20. The molecule has 0 spiro atoms. The average molecular weight is 413 g/mol. The van der Waals surface area contributed by atoms with Crippen LogP contribution in [-0.2, 0) is 21.2 Å². The lowest BCUT2D eigenvalue weighted by molar-refractivity contribution is -0.115. The van der Waals surface area contributed by atoms with Crippen molar-refractivity contribution in [3.05, 3.63) is 58.1 Å². The number of anilines is 1. The molecule has 1 N–H and O–H groups in total. The van der Waals surface area contributed by atoms with E-state index in [4.69, 9.17) is 23.2 Å². The fraction of sp³-hybridized carbons (Fsp3) is 0.278. The zero-order valence-corrected chi connectivity index (χ0v) is 16.2. The number of rotatable bonds is 5. The molecule has 0 radical (unpaired) electrons. The highest BCUT2D eigenvalue weighted by molar-refractivity contribution is 7.89. The highest BCUT2D eigenvalue weighted by atomic mass is 35.5. The second-order valence-electron chi connectivity index (χ2n) is 6.07. The topological polar surface area (TPSA) is 66.5 Å². The van der Waals surface area contributed by atoms with Gasteiger partial charge in [-0.2, -0.15) is 4.31 Å². The van der Waals surface area contributed by atoms with E-state index in [-0.39, 0.29) is 22.2 Å². The van der Waals surface area contributed by atoms with E-state index >= 15 is 0 Å². The maximum atomic E-state index is 12.7. The highest BCUT2D eigenvalue weighted by Crippen LogP contribution is 2.29. The number of sulfonamides is 1. The number of benzene rings is 2. The van der Waals surface area contributed by atoms with Gasteiger partial charge in [0.25, 0.3) is 0 Å². The summed E-state index contributed by atoms with van der Waals surface area (Å²) >= 11 is 12.2. The molecule has 1 heterocycles. The molecule has 1 saturated heterocycles. The second kappa shape index (κ2) is 7.96. The highest BCUT2D eigenvalue weighted by Gasteiger charge is 2.29. The number of nitrogens with one attached hydrogen (secondary N) is 1. The number of amides is 1. The van der Waals surface area contributed by atoms with Crippen molar-refractivity contribution in [2.75, 3.05) is 18.4 Å². The summed E-state index contributed by atoms with van der Waals surface area (Å²) in [4.78, 5) is 12.3. The van der Waals surface area contributed by atoms with Gasteiger partial charge in [0.15, 0.2) is 0 Å². The van der Waals surface area contributed by atoms with Gasteiger partial charge in [-0.3, -0.25) is 4.79 Å². The SMILES string of the molecule is O=C(Cc1ccccc1Cl)Nc1ccc(Cl)c(S(=O)(=O)N2CCCC2)c1. The molecule has 0 aromatic heterocycles. The van der Waals surface area contributed by atoms with Crippen LogP contribution in [0.5, 0.6) is 0 Å². The first kappa shape index (κ1) is 19.2. The van der Waals surface area contributed by atoms with Crippen molar-refractivity contribution >= 4 is 44.8 Å². The van der Waals surface area contributed by atoms with Gasteiger partial charge in [0, 0.05) is 23.8 Å². The Labute approximate surface area is 163 Å². The first-order valence-corrected chi connectivity index (χ1v) is 10.4. The van der Waals surface area contributed by atoms with Crippen molar-refractivity contribution in [3.63, 3.8) is 0 Å². The molecule has 3 rings (SSSR count). The molecule has 0 bridgehead atoms. The Hall–Kier alpha value is -1.60. The molecule has 0 aliphatic carbocycles. The molecule has 2 aromatic carbocycles. The third-order valence-electron chi connectivity index (χ3n) is 4.21. The minimum atomic E-state index is -3.66. The van der Waals surface area contributed by atoms with E-state index in [0.29, 0.717) is 29.4 Å². The molecular weight excluding hydrogens is 395 g/mol. The largest absolute Gasteiger partial charge is 0.326 e. The lowest BCUT2D eigenvalue weighted by atomic mass is 10.1. The molecule has 0 atom stereocenters. The third-order valence-corrected chi connectivity index (χ3v) is 6.96. The number of nitrogens with zero attached hydrogens (tertiary/aromatic N) is 1. The van der Waals surface area contributed by atoms with Crippen LogP contribution >= 0.6 is 23.2 Å². The normalized spacial score (nSPS) is 15.2. The van der Waals surface area contributed by atoms with E-state index in [2.05, 4.69) is 5.32 Å². The smallest absolute Gasteiger partial charge is 0.244 e. The number of carbonyl (C=O) groups excluding carboxylic acids is 1. The Morgan fingerprint density at radius 3 is 2.42 bits per heavy atom. The number of hydrogen-bond acceptors (Lipinski definition) is 3. The quantitative estimate of drug-likeness (QED) is 0.807. The molecule has 0 saturated carbocycles. The second-order valence-corrected chi connectivity index (χ2v) is 8.79. The summed E-state index contributed by atoms with van der Waals surface area (Å²) < 4.78 is 26.9. The van der Waals surface area contributed by atoms with Crippen LogP contribution in [0.2, 0.25) is 10.0 Å². The number of hydrogen-bond donors (Lipinski definition) is 1. The molecule has 0 unspecified atom stereocenters. The van der Waals surface area contributed by atoms with E-state index in [9.17, 15) is 13.2 Å². The summed E-state index contributed by atoms with van der Waals surface area (Å²) in [5, 5.41) is 3.36. The Morgan fingerprint density at radius 2 is 1.73 bits per heavy atom.